The van der Waals surface area contributed by atoms with Crippen LogP contribution in [0.5, 0.6) is 0 Å². The van der Waals surface area contributed by atoms with E-state index >= 15 is 0 Å². The molecule has 0 radical (unpaired) electrons. The Labute approximate surface area is 183 Å². The molecule has 148 valence electrons. The van der Waals surface area contributed by atoms with Crippen molar-refractivity contribution in [2.24, 2.45) is 0 Å². The van der Waals surface area contributed by atoms with Crippen LogP contribution in [0.2, 0.25) is 0 Å². The van der Waals surface area contributed by atoms with E-state index in [4.69, 9.17) is 4.42 Å². The Balaban J connectivity index is 1.38. The second-order valence-electron chi connectivity index (χ2n) is 6.63. The topological polar surface area (TPSA) is 89.2 Å². The number of benzene rings is 2. The molecule has 1 atom stereocenters. The summed E-state index contributed by atoms with van der Waals surface area (Å²) in [5, 5.41) is 8.69. The maximum absolute atomic E-state index is 12.9. The molecule has 2 aromatic carbocycles. The number of hydrogen-bond acceptors (Lipinski definition) is 7. The van der Waals surface area contributed by atoms with E-state index in [2.05, 4.69) is 31.1 Å². The molecule has 2 aromatic heterocycles. The number of imide groups is 1. The van der Waals surface area contributed by atoms with Crippen molar-refractivity contribution in [2.75, 3.05) is 4.90 Å². The van der Waals surface area contributed by atoms with E-state index in [1.54, 1.807) is 24.3 Å². The van der Waals surface area contributed by atoms with E-state index in [-0.39, 0.29) is 18.2 Å². The molecule has 30 heavy (non-hydrogen) atoms. The Hall–Kier alpha value is -3.04. The van der Waals surface area contributed by atoms with Crippen molar-refractivity contribution >= 4 is 56.2 Å². The molecule has 2 amide bonds. The number of para-hydroxylation sites is 1. The zero-order chi connectivity index (χ0) is 20.7. The summed E-state index contributed by atoms with van der Waals surface area (Å²) >= 11 is 4.49. The minimum Gasteiger partial charge on any atom is -0.454 e. The molecule has 1 fully saturated rings. The average Bonchev–Trinajstić information content (AvgIpc) is 3.30. The summed E-state index contributed by atoms with van der Waals surface area (Å²) in [7, 11) is 0. The van der Waals surface area contributed by atoms with Crippen LogP contribution < -0.4 is 4.90 Å². The number of halogens is 1. The van der Waals surface area contributed by atoms with Crippen LogP contribution in [0, 0.1) is 0 Å². The van der Waals surface area contributed by atoms with E-state index < -0.39 is 5.25 Å². The van der Waals surface area contributed by atoms with Crippen molar-refractivity contribution in [3.8, 4) is 11.5 Å². The van der Waals surface area contributed by atoms with Crippen molar-refractivity contribution in [3.63, 3.8) is 0 Å². The summed E-state index contributed by atoms with van der Waals surface area (Å²) < 4.78 is 6.70. The van der Waals surface area contributed by atoms with Gasteiger partial charge in [0, 0.05) is 16.3 Å². The summed E-state index contributed by atoms with van der Waals surface area (Å²) in [5.74, 6) is 0.0320. The van der Waals surface area contributed by atoms with Crippen molar-refractivity contribution in [3.05, 3.63) is 65.3 Å². The standard InChI is InChI=1S/C21H13BrN4O3S/c22-13-5-7-14(8-6-13)26-19(27)10-18(20(26)28)30-21-24-15(11-23-25-21)17-9-12-3-1-2-4-16(12)29-17/h1-9,11,18H,10H2. The highest BCUT2D eigenvalue weighted by Crippen LogP contribution is 2.34. The Morgan fingerprint density at radius 1 is 1.10 bits per heavy atom. The molecule has 0 spiro atoms. The molecule has 1 aliphatic rings. The van der Waals surface area contributed by atoms with Crippen molar-refractivity contribution in [1.82, 2.24) is 15.2 Å². The van der Waals surface area contributed by atoms with E-state index in [9.17, 15) is 9.59 Å². The van der Waals surface area contributed by atoms with Gasteiger partial charge in [-0.2, -0.15) is 5.10 Å². The molecule has 4 aromatic rings. The molecule has 5 rings (SSSR count). The minimum absolute atomic E-state index is 0.0811. The molecule has 3 heterocycles. The van der Waals surface area contributed by atoms with Crippen LogP contribution in [0.1, 0.15) is 6.42 Å². The van der Waals surface area contributed by atoms with E-state index in [1.165, 1.54) is 11.1 Å². The Morgan fingerprint density at radius 2 is 1.90 bits per heavy atom. The monoisotopic (exact) mass is 480 g/mol. The number of amides is 2. The highest BCUT2D eigenvalue weighted by Gasteiger charge is 2.40. The molecule has 0 saturated carbocycles. The first kappa shape index (κ1) is 19.0. The fourth-order valence-corrected chi connectivity index (χ4v) is 4.45. The van der Waals surface area contributed by atoms with Gasteiger partial charge < -0.3 is 4.42 Å². The zero-order valence-electron chi connectivity index (χ0n) is 15.4. The minimum atomic E-state index is -0.603. The highest BCUT2D eigenvalue weighted by atomic mass is 79.9. The van der Waals surface area contributed by atoms with Crippen LogP contribution in [0.15, 0.2) is 74.8 Å². The second kappa shape index (κ2) is 7.66. The first-order valence-electron chi connectivity index (χ1n) is 9.06. The third-order valence-corrected chi connectivity index (χ3v) is 6.22. The number of carbonyl (C=O) groups excluding carboxylic acids is 2. The van der Waals surface area contributed by atoms with Gasteiger partial charge >= 0.3 is 0 Å². The Kier molecular flexibility index (Phi) is 4.84. The number of furan rings is 1. The van der Waals surface area contributed by atoms with Crippen LogP contribution in [-0.4, -0.2) is 32.2 Å². The number of aromatic nitrogens is 3. The number of nitrogens with zero attached hydrogens (tertiary/aromatic N) is 4. The van der Waals surface area contributed by atoms with Crippen LogP contribution in [-0.2, 0) is 9.59 Å². The maximum Gasteiger partial charge on any atom is 0.247 e. The summed E-state index contributed by atoms with van der Waals surface area (Å²) in [6.07, 6.45) is 1.59. The summed E-state index contributed by atoms with van der Waals surface area (Å²) in [6.45, 7) is 0. The van der Waals surface area contributed by atoms with Crippen molar-refractivity contribution < 1.29 is 14.0 Å². The fourth-order valence-electron chi connectivity index (χ4n) is 3.25. The van der Waals surface area contributed by atoms with Gasteiger partial charge in [-0.15, -0.1) is 5.10 Å². The molecule has 0 N–H and O–H groups in total. The number of thioether (sulfide) groups is 1. The predicted octanol–water partition coefficient (Wildman–Crippen LogP) is 4.47. The number of fused-ring (bicyclic) bond motifs is 1. The molecular weight excluding hydrogens is 468 g/mol. The number of hydrogen-bond donors (Lipinski definition) is 0. The maximum atomic E-state index is 12.9. The van der Waals surface area contributed by atoms with Gasteiger partial charge in [0.05, 0.1) is 11.9 Å². The zero-order valence-corrected chi connectivity index (χ0v) is 17.8. The fraction of sp³-hybridized carbons (Fsp3) is 0.0952. The third-order valence-electron chi connectivity index (χ3n) is 4.66. The quantitative estimate of drug-likeness (QED) is 0.398. The van der Waals surface area contributed by atoms with Gasteiger partial charge in [0.1, 0.15) is 16.5 Å². The van der Waals surface area contributed by atoms with Gasteiger partial charge in [-0.3, -0.25) is 9.59 Å². The molecule has 1 saturated heterocycles. The first-order chi connectivity index (χ1) is 14.6. The molecule has 7 nitrogen and oxygen atoms in total. The van der Waals surface area contributed by atoms with Gasteiger partial charge in [0.15, 0.2) is 5.76 Å². The van der Waals surface area contributed by atoms with E-state index in [0.29, 0.717) is 22.3 Å². The lowest BCUT2D eigenvalue weighted by atomic mass is 10.2. The second-order valence-corrected chi connectivity index (χ2v) is 8.71. The molecule has 9 heteroatoms. The largest absolute Gasteiger partial charge is 0.454 e. The van der Waals surface area contributed by atoms with Crippen molar-refractivity contribution in [1.29, 1.82) is 0 Å². The average molecular weight is 481 g/mol. The Bertz CT molecular complexity index is 1240. The molecular formula is C21H13BrN4O3S. The number of anilines is 1. The van der Waals surface area contributed by atoms with Gasteiger partial charge in [0.25, 0.3) is 0 Å². The third kappa shape index (κ3) is 3.50. The van der Waals surface area contributed by atoms with Gasteiger partial charge in [0.2, 0.25) is 17.0 Å². The lowest BCUT2D eigenvalue weighted by molar-refractivity contribution is -0.121. The highest BCUT2D eigenvalue weighted by molar-refractivity contribution is 9.10. The molecule has 0 aliphatic carbocycles. The van der Waals surface area contributed by atoms with Crippen LogP contribution in [0.4, 0.5) is 5.69 Å². The molecule has 1 aliphatic heterocycles. The van der Waals surface area contributed by atoms with Crippen molar-refractivity contribution in [2.45, 2.75) is 16.8 Å². The first-order valence-corrected chi connectivity index (χ1v) is 10.7. The van der Waals surface area contributed by atoms with E-state index in [1.807, 2.05) is 30.3 Å². The number of carbonyl (C=O) groups is 2. The van der Waals surface area contributed by atoms with Gasteiger partial charge in [-0.25, -0.2) is 9.88 Å². The lowest BCUT2D eigenvalue weighted by Crippen LogP contribution is -2.31. The van der Waals surface area contributed by atoms with E-state index in [0.717, 1.165) is 27.2 Å². The summed E-state index contributed by atoms with van der Waals surface area (Å²) in [4.78, 5) is 31.0. The van der Waals surface area contributed by atoms with Gasteiger partial charge in [-0.05, 0) is 36.4 Å². The normalized spacial score (nSPS) is 16.6. The lowest BCUT2D eigenvalue weighted by Gasteiger charge is -2.14. The summed E-state index contributed by atoms with van der Waals surface area (Å²) in [6, 6.07) is 16.6. The Morgan fingerprint density at radius 3 is 2.70 bits per heavy atom. The molecule has 1 unspecified atom stereocenters. The predicted molar refractivity (Wildman–Crippen MR) is 116 cm³/mol. The summed E-state index contributed by atoms with van der Waals surface area (Å²) in [5.41, 5.74) is 1.82. The van der Waals surface area contributed by atoms with Gasteiger partial charge in [-0.1, -0.05) is 45.9 Å². The van der Waals surface area contributed by atoms with Crippen LogP contribution >= 0.6 is 27.7 Å². The van der Waals surface area contributed by atoms with Crippen LogP contribution in [0.25, 0.3) is 22.4 Å². The van der Waals surface area contributed by atoms with Crippen LogP contribution in [0.3, 0.4) is 0 Å². The SMILES string of the molecule is O=C1CC(Sc2nncc(-c3cc4ccccc4o3)n2)C(=O)N1c1ccc(Br)cc1. The molecule has 0 bridgehead atoms. The smallest absolute Gasteiger partial charge is 0.247 e. The number of rotatable bonds is 4.